The summed E-state index contributed by atoms with van der Waals surface area (Å²) in [5.74, 6) is 0. The summed E-state index contributed by atoms with van der Waals surface area (Å²) in [4.78, 5) is 0. The standard InChI is InChI=1S/C24H39NO21S/c25-47(36,37)24(20(34)11(30)9(28)6(2-27)45-24)46-16-8-4-39-19(16)14(33)23(42-8)44-17-10(29)5(1-26)41-22(13(17)32)43-15-7-3-38-18(15)12(31)21(35)40-7/h5-23,26-35H,1-4H2,(H2,25,36,37)/t5-,6-,7+,8+,9+,10-,11+,12+,13-,14+,15+,16+,17+,18+,19+,20-,21-,22+,23+,24+/m1/s1. The maximum atomic E-state index is 12.7. The van der Waals surface area contributed by atoms with E-state index in [0.717, 1.165) is 0 Å². The van der Waals surface area contributed by atoms with Crippen molar-refractivity contribution in [1.82, 2.24) is 0 Å². The molecule has 6 aliphatic heterocycles. The van der Waals surface area contributed by atoms with Crippen LogP contribution in [-0.2, 0) is 52.7 Å². The topological polar surface area (TPSA) is 346 Å². The molecule has 4 bridgehead atoms. The molecule has 12 N–H and O–H groups in total. The Kier molecular flexibility index (Phi) is 10.2. The summed E-state index contributed by atoms with van der Waals surface area (Å²) >= 11 is 0. The molecule has 0 saturated carbocycles. The zero-order valence-corrected chi connectivity index (χ0v) is 25.1. The second kappa shape index (κ2) is 13.4. The predicted molar refractivity (Wildman–Crippen MR) is 139 cm³/mol. The zero-order chi connectivity index (χ0) is 34.2. The Morgan fingerprint density at radius 3 is 1.85 bits per heavy atom. The molecule has 0 aromatic rings. The molecule has 6 fully saturated rings. The summed E-state index contributed by atoms with van der Waals surface area (Å²) < 4.78 is 75.3. The highest BCUT2D eigenvalue weighted by atomic mass is 32.2. The normalized spacial score (nSPS) is 54.9. The van der Waals surface area contributed by atoms with Gasteiger partial charge in [-0.2, -0.15) is 0 Å². The lowest BCUT2D eigenvalue weighted by Gasteiger charge is -2.49. The molecule has 6 saturated heterocycles. The number of rotatable bonds is 9. The SMILES string of the molecule is NS(=O)(=O)[C@]1(O[C@@H]2[C@H]3OC[C@@H]2O[C@@H](O[C@@H]2[C@@H](O)[C@H](O[C@@H]4[C@H]5OC[C@@H]4O[C@@H](O)[C@H]5O)O[C@H](CO)[C@H]2O)[C@H]3O)O[C@H](CO)[C@H](O)[C@H](O)[C@H]1O. The number of sulfonamides is 1. The second-order valence-electron chi connectivity index (χ2n) is 12.1. The Labute approximate surface area is 265 Å². The number of aliphatic hydroxyl groups is 10. The van der Waals surface area contributed by atoms with E-state index in [1.165, 1.54) is 0 Å². The smallest absolute Gasteiger partial charge is 0.318 e. The number of nitrogens with two attached hydrogens (primary N) is 1. The molecule has 47 heavy (non-hydrogen) atoms. The van der Waals surface area contributed by atoms with E-state index in [1.807, 2.05) is 0 Å². The van der Waals surface area contributed by atoms with Gasteiger partial charge in [-0.05, 0) is 0 Å². The highest BCUT2D eigenvalue weighted by molar-refractivity contribution is 7.90. The highest BCUT2D eigenvalue weighted by Gasteiger charge is 2.66. The van der Waals surface area contributed by atoms with Crippen molar-refractivity contribution in [2.45, 2.75) is 122 Å². The van der Waals surface area contributed by atoms with Gasteiger partial charge < -0.3 is 93.7 Å². The molecule has 22 nitrogen and oxygen atoms in total. The van der Waals surface area contributed by atoms with Crippen LogP contribution >= 0.6 is 0 Å². The fourth-order valence-electron chi connectivity index (χ4n) is 6.62. The number of ether oxygens (including phenoxy) is 9. The van der Waals surface area contributed by atoms with Crippen molar-refractivity contribution >= 4 is 10.0 Å². The lowest BCUT2D eigenvalue weighted by Crippen LogP contribution is -2.72. The van der Waals surface area contributed by atoms with E-state index < -0.39 is 145 Å². The number of primary sulfonamides is 1. The largest absolute Gasteiger partial charge is 0.394 e. The Hall–Kier alpha value is -0.850. The average molecular weight is 710 g/mol. The van der Waals surface area contributed by atoms with Gasteiger partial charge in [-0.3, -0.25) is 0 Å². The van der Waals surface area contributed by atoms with E-state index in [9.17, 15) is 59.5 Å². The van der Waals surface area contributed by atoms with Crippen LogP contribution in [0.15, 0.2) is 0 Å². The molecule has 0 unspecified atom stereocenters. The van der Waals surface area contributed by atoms with Gasteiger partial charge in [-0.1, -0.05) is 0 Å². The van der Waals surface area contributed by atoms with E-state index in [2.05, 4.69) is 0 Å². The van der Waals surface area contributed by atoms with Crippen molar-refractivity contribution in [2.24, 2.45) is 5.14 Å². The fraction of sp³-hybridized carbons (Fsp3) is 1.00. The molecule has 6 rings (SSSR count). The first-order chi connectivity index (χ1) is 22.1. The first-order valence-corrected chi connectivity index (χ1v) is 16.2. The molecule has 0 radical (unpaired) electrons. The maximum absolute atomic E-state index is 12.7. The van der Waals surface area contributed by atoms with Crippen molar-refractivity contribution < 1.29 is 102 Å². The zero-order valence-electron chi connectivity index (χ0n) is 24.2. The lowest BCUT2D eigenvalue weighted by atomic mass is 9.96. The van der Waals surface area contributed by atoms with Gasteiger partial charge in [0.25, 0.3) is 10.0 Å². The van der Waals surface area contributed by atoms with Gasteiger partial charge in [0.1, 0.15) is 91.6 Å². The predicted octanol–water partition coefficient (Wildman–Crippen LogP) is -9.04. The van der Waals surface area contributed by atoms with Crippen LogP contribution in [-0.4, -0.2) is 208 Å². The summed E-state index contributed by atoms with van der Waals surface area (Å²) in [5, 5.41) is 106. The molecule has 0 aliphatic carbocycles. The minimum Gasteiger partial charge on any atom is -0.394 e. The lowest BCUT2D eigenvalue weighted by molar-refractivity contribution is -0.377. The Morgan fingerprint density at radius 1 is 0.660 bits per heavy atom. The van der Waals surface area contributed by atoms with Gasteiger partial charge in [0.05, 0.1) is 26.4 Å². The van der Waals surface area contributed by atoms with Crippen LogP contribution in [0.1, 0.15) is 0 Å². The number of hydrogen-bond donors (Lipinski definition) is 11. The summed E-state index contributed by atoms with van der Waals surface area (Å²) in [6, 6.07) is 0. The molecule has 23 heteroatoms. The van der Waals surface area contributed by atoms with E-state index in [1.54, 1.807) is 0 Å². The molecular weight excluding hydrogens is 670 g/mol. The molecule has 0 aromatic heterocycles. The van der Waals surface area contributed by atoms with Gasteiger partial charge >= 0.3 is 5.12 Å². The Balaban J connectivity index is 1.18. The maximum Gasteiger partial charge on any atom is 0.318 e. The third-order valence-electron chi connectivity index (χ3n) is 9.17. The Morgan fingerprint density at radius 2 is 1.23 bits per heavy atom. The van der Waals surface area contributed by atoms with E-state index in [0.29, 0.717) is 0 Å². The van der Waals surface area contributed by atoms with Crippen molar-refractivity contribution in [3.63, 3.8) is 0 Å². The minimum absolute atomic E-state index is 0.0681. The van der Waals surface area contributed by atoms with Crippen LogP contribution in [0.3, 0.4) is 0 Å². The van der Waals surface area contributed by atoms with Crippen LogP contribution in [0.25, 0.3) is 0 Å². The van der Waals surface area contributed by atoms with Gasteiger partial charge in [-0.25, -0.2) is 13.6 Å². The van der Waals surface area contributed by atoms with Gasteiger partial charge in [0.2, 0.25) is 0 Å². The number of hydrogen-bond acceptors (Lipinski definition) is 21. The number of fused-ring (bicyclic) bond motifs is 4. The van der Waals surface area contributed by atoms with Crippen LogP contribution in [0.4, 0.5) is 0 Å². The molecule has 6 heterocycles. The quantitative estimate of drug-likeness (QED) is 0.106. The molecule has 0 amide bonds. The highest BCUT2D eigenvalue weighted by Crippen LogP contribution is 2.42. The fourth-order valence-corrected chi connectivity index (χ4v) is 7.60. The van der Waals surface area contributed by atoms with Crippen molar-refractivity contribution in [1.29, 1.82) is 0 Å². The van der Waals surface area contributed by atoms with Gasteiger partial charge in [0, 0.05) is 0 Å². The van der Waals surface area contributed by atoms with Gasteiger partial charge in [0.15, 0.2) is 25.0 Å². The van der Waals surface area contributed by atoms with E-state index >= 15 is 0 Å². The second-order valence-corrected chi connectivity index (χ2v) is 13.7. The van der Waals surface area contributed by atoms with Crippen molar-refractivity contribution in [2.75, 3.05) is 26.4 Å². The summed E-state index contributed by atoms with van der Waals surface area (Å²) in [7, 11) is -5.13. The molecule has 272 valence electrons. The van der Waals surface area contributed by atoms with Crippen LogP contribution in [0, 0.1) is 0 Å². The Bertz CT molecular complexity index is 1220. The summed E-state index contributed by atoms with van der Waals surface area (Å²) in [6.07, 6.45) is -30.7. The average Bonchev–Trinajstić information content (AvgIpc) is 3.51. The number of aliphatic hydroxyl groups excluding tert-OH is 10. The van der Waals surface area contributed by atoms with Crippen LogP contribution in [0.2, 0.25) is 0 Å². The molecule has 20 atom stereocenters. The summed E-state index contributed by atoms with van der Waals surface area (Å²) in [6.45, 7) is -2.23. The van der Waals surface area contributed by atoms with Crippen LogP contribution in [0.5, 0.6) is 0 Å². The summed E-state index contributed by atoms with van der Waals surface area (Å²) in [5.41, 5.74) is 0. The van der Waals surface area contributed by atoms with E-state index in [-0.39, 0.29) is 13.2 Å². The first kappa shape index (κ1) is 36.0. The third-order valence-corrected chi connectivity index (χ3v) is 10.4. The van der Waals surface area contributed by atoms with Crippen molar-refractivity contribution in [3.05, 3.63) is 0 Å². The van der Waals surface area contributed by atoms with Gasteiger partial charge in [-0.15, -0.1) is 0 Å². The van der Waals surface area contributed by atoms with E-state index in [4.69, 9.17) is 47.8 Å². The third kappa shape index (κ3) is 6.02. The van der Waals surface area contributed by atoms with Crippen LogP contribution < -0.4 is 5.14 Å². The first-order valence-electron chi connectivity index (χ1n) is 14.7. The minimum atomic E-state index is -5.13. The molecule has 0 spiro atoms. The molecule has 6 aliphatic rings. The molecule has 0 aromatic carbocycles. The monoisotopic (exact) mass is 709 g/mol. The molecular formula is C24H39NO21S. The van der Waals surface area contributed by atoms with Crippen molar-refractivity contribution in [3.8, 4) is 0 Å².